The van der Waals surface area contributed by atoms with Crippen LogP contribution in [0.5, 0.6) is 0 Å². The van der Waals surface area contributed by atoms with Crippen LogP contribution < -0.4 is 5.32 Å². The van der Waals surface area contributed by atoms with Crippen LogP contribution in [0.2, 0.25) is 0 Å². The predicted molar refractivity (Wildman–Crippen MR) is 113 cm³/mol. The molecule has 3 rings (SSSR count). The van der Waals surface area contributed by atoms with E-state index in [0.717, 1.165) is 37.7 Å². The lowest BCUT2D eigenvalue weighted by atomic mass is 9.90. The van der Waals surface area contributed by atoms with Crippen molar-refractivity contribution in [3.8, 4) is 0 Å². The van der Waals surface area contributed by atoms with Crippen LogP contribution >= 0.6 is 0 Å². The highest BCUT2D eigenvalue weighted by Gasteiger charge is 2.46. The first-order valence-corrected chi connectivity index (χ1v) is 10.5. The van der Waals surface area contributed by atoms with E-state index in [0.29, 0.717) is 0 Å². The third-order valence-corrected chi connectivity index (χ3v) is 5.53. The zero-order valence-electron chi connectivity index (χ0n) is 17.5. The van der Waals surface area contributed by atoms with Crippen molar-refractivity contribution in [3.63, 3.8) is 0 Å². The highest BCUT2D eigenvalue weighted by Crippen LogP contribution is 2.41. The van der Waals surface area contributed by atoms with Crippen molar-refractivity contribution in [1.82, 2.24) is 10.2 Å². The Kier molecular flexibility index (Phi) is 6.50. The Bertz CT molecular complexity index is 733. The van der Waals surface area contributed by atoms with E-state index in [9.17, 15) is 14.7 Å². The van der Waals surface area contributed by atoms with Crippen molar-refractivity contribution in [2.24, 2.45) is 5.92 Å². The molecule has 2 saturated carbocycles. The van der Waals surface area contributed by atoms with E-state index in [1.54, 1.807) is 4.90 Å². The van der Waals surface area contributed by atoms with Crippen molar-refractivity contribution in [2.45, 2.75) is 76.6 Å². The molecule has 2 amide bonds. The Hall–Kier alpha value is -2.50. The van der Waals surface area contributed by atoms with Crippen LogP contribution in [0, 0.1) is 5.92 Å². The Morgan fingerprint density at radius 3 is 2.38 bits per heavy atom. The van der Waals surface area contributed by atoms with Crippen LogP contribution in [0.1, 0.15) is 58.4 Å². The molecule has 1 aromatic rings. The lowest BCUT2D eigenvalue weighted by molar-refractivity contribution is 0.0471. The number of nitrogens with one attached hydrogen (secondary N) is 1. The van der Waals surface area contributed by atoms with Gasteiger partial charge in [-0.15, -0.1) is 0 Å². The second-order valence-corrected chi connectivity index (χ2v) is 9.08. The monoisotopic (exact) mass is 400 g/mol. The van der Waals surface area contributed by atoms with Gasteiger partial charge in [-0.3, -0.25) is 0 Å². The summed E-state index contributed by atoms with van der Waals surface area (Å²) in [6.45, 7) is 5.52. The Morgan fingerprint density at radius 1 is 1.14 bits per heavy atom. The fraction of sp³-hybridized carbons (Fsp3) is 0.565. The van der Waals surface area contributed by atoms with Gasteiger partial charge in [-0.1, -0.05) is 42.5 Å². The molecule has 0 saturated heterocycles. The SMILES string of the molecule is CC(C)(C)OC(=O)NC1CCC(N(C(=O)O)C2CC2/C=C/c2ccccc2)CC1. The fourth-order valence-corrected chi connectivity index (χ4v) is 4.07. The van der Waals surface area contributed by atoms with E-state index < -0.39 is 17.8 Å². The Balaban J connectivity index is 1.50. The second-order valence-electron chi connectivity index (χ2n) is 9.08. The molecule has 0 bridgehead atoms. The first kappa shape index (κ1) is 21.2. The first-order valence-electron chi connectivity index (χ1n) is 10.5. The van der Waals surface area contributed by atoms with E-state index in [2.05, 4.69) is 17.5 Å². The number of rotatable bonds is 5. The number of hydrogen-bond donors (Lipinski definition) is 2. The van der Waals surface area contributed by atoms with Crippen molar-refractivity contribution in [2.75, 3.05) is 0 Å². The molecule has 1 aromatic carbocycles. The van der Waals surface area contributed by atoms with Crippen LogP contribution in [0.25, 0.3) is 6.08 Å². The van der Waals surface area contributed by atoms with Gasteiger partial charge in [0, 0.05) is 18.1 Å². The topological polar surface area (TPSA) is 78.9 Å². The summed E-state index contributed by atoms with van der Waals surface area (Å²) in [7, 11) is 0. The highest BCUT2D eigenvalue weighted by atomic mass is 16.6. The molecule has 2 fully saturated rings. The van der Waals surface area contributed by atoms with Crippen LogP contribution in [-0.2, 0) is 4.74 Å². The molecule has 6 nitrogen and oxygen atoms in total. The zero-order chi connectivity index (χ0) is 21.0. The summed E-state index contributed by atoms with van der Waals surface area (Å²) in [5.74, 6) is 0.281. The van der Waals surface area contributed by atoms with E-state index in [1.807, 2.05) is 51.1 Å². The number of carbonyl (C=O) groups is 2. The van der Waals surface area contributed by atoms with Gasteiger partial charge in [0.2, 0.25) is 0 Å². The Labute approximate surface area is 172 Å². The third kappa shape index (κ3) is 6.24. The molecule has 2 unspecified atom stereocenters. The molecule has 0 aromatic heterocycles. The van der Waals surface area contributed by atoms with Crippen molar-refractivity contribution in [3.05, 3.63) is 42.0 Å². The van der Waals surface area contributed by atoms with Crippen LogP contribution in [0.3, 0.4) is 0 Å². The maximum absolute atomic E-state index is 12.0. The summed E-state index contributed by atoms with van der Waals surface area (Å²) in [4.78, 5) is 25.5. The minimum atomic E-state index is -0.839. The Morgan fingerprint density at radius 2 is 1.79 bits per heavy atom. The second kappa shape index (κ2) is 8.89. The van der Waals surface area contributed by atoms with E-state index >= 15 is 0 Å². The molecule has 0 heterocycles. The molecule has 29 heavy (non-hydrogen) atoms. The lowest BCUT2D eigenvalue weighted by Crippen LogP contribution is -2.47. The van der Waals surface area contributed by atoms with Gasteiger partial charge >= 0.3 is 12.2 Å². The van der Waals surface area contributed by atoms with Gasteiger partial charge in [0.05, 0.1) is 0 Å². The van der Waals surface area contributed by atoms with Crippen molar-refractivity contribution >= 4 is 18.3 Å². The molecular weight excluding hydrogens is 368 g/mol. The zero-order valence-corrected chi connectivity index (χ0v) is 17.5. The largest absolute Gasteiger partial charge is 0.465 e. The summed E-state index contributed by atoms with van der Waals surface area (Å²) < 4.78 is 5.32. The van der Waals surface area contributed by atoms with E-state index in [-0.39, 0.29) is 24.0 Å². The number of benzene rings is 1. The average molecular weight is 401 g/mol. The number of amides is 2. The summed E-state index contributed by atoms with van der Waals surface area (Å²) in [5.41, 5.74) is 0.615. The lowest BCUT2D eigenvalue weighted by Gasteiger charge is -2.36. The van der Waals surface area contributed by atoms with Gasteiger partial charge in [0.25, 0.3) is 0 Å². The number of ether oxygens (including phenoxy) is 1. The van der Waals surface area contributed by atoms with Crippen LogP contribution in [-0.4, -0.2) is 45.9 Å². The molecule has 2 N–H and O–H groups in total. The minimum Gasteiger partial charge on any atom is -0.465 e. The smallest absolute Gasteiger partial charge is 0.407 e. The van der Waals surface area contributed by atoms with Crippen molar-refractivity contribution < 1.29 is 19.4 Å². The summed E-state index contributed by atoms with van der Waals surface area (Å²) in [6.07, 6.45) is 6.91. The van der Waals surface area contributed by atoms with E-state index in [4.69, 9.17) is 4.74 Å². The summed E-state index contributed by atoms with van der Waals surface area (Å²) >= 11 is 0. The molecule has 0 aliphatic heterocycles. The van der Waals surface area contributed by atoms with Gasteiger partial charge in [-0.05, 0) is 64.4 Å². The number of hydrogen-bond acceptors (Lipinski definition) is 3. The molecule has 2 atom stereocenters. The summed E-state index contributed by atoms with van der Waals surface area (Å²) in [5, 5.41) is 12.7. The quantitative estimate of drug-likeness (QED) is 0.736. The standard InChI is InChI=1S/C23H32N2O4/c1-23(2,3)29-21(26)24-18-11-13-19(14-12-18)25(22(27)28)20-15-17(20)10-9-16-7-5-4-6-8-16/h4-10,17-20H,11-15H2,1-3H3,(H,24,26)(H,27,28)/b10-9+. The number of alkyl carbamates (subject to hydrolysis) is 1. The molecule has 0 spiro atoms. The number of nitrogens with zero attached hydrogens (tertiary/aromatic N) is 1. The number of carboxylic acid groups (broad SMARTS) is 1. The molecular formula is C23H32N2O4. The first-order chi connectivity index (χ1) is 13.7. The molecule has 6 heteroatoms. The van der Waals surface area contributed by atoms with E-state index in [1.165, 1.54) is 0 Å². The van der Waals surface area contributed by atoms with Crippen molar-refractivity contribution in [1.29, 1.82) is 0 Å². The molecule has 0 radical (unpaired) electrons. The maximum atomic E-state index is 12.0. The van der Waals surface area contributed by atoms with Crippen LogP contribution in [0.15, 0.2) is 36.4 Å². The van der Waals surface area contributed by atoms with Crippen LogP contribution in [0.4, 0.5) is 9.59 Å². The highest BCUT2D eigenvalue weighted by molar-refractivity contribution is 5.68. The summed E-state index contributed by atoms with van der Waals surface area (Å²) in [6, 6.07) is 10.2. The molecule has 2 aliphatic carbocycles. The minimum absolute atomic E-state index is 0.0179. The fourth-order valence-electron chi connectivity index (χ4n) is 4.07. The molecule has 158 valence electrons. The maximum Gasteiger partial charge on any atom is 0.407 e. The van der Waals surface area contributed by atoms with Gasteiger partial charge in [-0.2, -0.15) is 0 Å². The van der Waals surface area contributed by atoms with Gasteiger partial charge < -0.3 is 20.1 Å². The van der Waals surface area contributed by atoms with Gasteiger partial charge in [0.1, 0.15) is 5.60 Å². The van der Waals surface area contributed by atoms with Gasteiger partial charge in [0.15, 0.2) is 0 Å². The third-order valence-electron chi connectivity index (χ3n) is 5.53. The average Bonchev–Trinajstić information content (AvgIpc) is 3.39. The molecule has 2 aliphatic rings. The normalized spacial score (nSPS) is 26.7. The predicted octanol–water partition coefficient (Wildman–Crippen LogP) is 4.90. The number of carbonyl (C=O) groups excluding carboxylic acids is 1. The van der Waals surface area contributed by atoms with Gasteiger partial charge in [-0.25, -0.2) is 9.59 Å².